The highest BCUT2D eigenvalue weighted by Crippen LogP contribution is 2.28. The molecule has 0 aliphatic heterocycles. The van der Waals surface area contributed by atoms with E-state index in [1.165, 1.54) is 0 Å². The number of carboxylic acids is 1. The predicted octanol–water partition coefficient (Wildman–Crippen LogP) is 0.558. The highest BCUT2D eigenvalue weighted by Gasteiger charge is 2.36. The van der Waals surface area contributed by atoms with E-state index in [2.05, 4.69) is 14.9 Å². The number of aryl methyl sites for hydroxylation is 2. The number of aliphatic carboxylic acids is 1. The van der Waals surface area contributed by atoms with Crippen LogP contribution in [0.3, 0.4) is 0 Å². The van der Waals surface area contributed by atoms with Crippen LogP contribution >= 0.6 is 0 Å². The number of carbonyl (C=O) groups is 1. The lowest BCUT2D eigenvalue weighted by molar-refractivity contribution is -0.141. The van der Waals surface area contributed by atoms with Crippen LogP contribution < -0.4 is 4.72 Å². The van der Waals surface area contributed by atoms with Gasteiger partial charge in [0.15, 0.2) is 0 Å². The molecule has 7 nitrogen and oxygen atoms in total. The van der Waals surface area contributed by atoms with Crippen molar-refractivity contribution in [3.63, 3.8) is 0 Å². The zero-order chi connectivity index (χ0) is 14.2. The van der Waals surface area contributed by atoms with Gasteiger partial charge in [0.2, 0.25) is 10.0 Å². The third-order valence-corrected chi connectivity index (χ3v) is 5.22. The number of aromatic nitrogens is 2. The maximum atomic E-state index is 12.3. The van der Waals surface area contributed by atoms with Crippen molar-refractivity contribution in [1.29, 1.82) is 0 Å². The fourth-order valence-corrected chi connectivity index (χ4v) is 4.27. The number of aromatic amines is 1. The van der Waals surface area contributed by atoms with Crippen molar-refractivity contribution >= 4 is 16.0 Å². The Bertz CT molecular complexity index is 574. The molecule has 2 unspecified atom stereocenters. The van der Waals surface area contributed by atoms with Crippen LogP contribution in [0.2, 0.25) is 0 Å². The summed E-state index contributed by atoms with van der Waals surface area (Å²) in [5.74, 6) is -1.60. The number of hydrogen-bond acceptors (Lipinski definition) is 4. The molecular formula is C11H17N3O4S. The van der Waals surface area contributed by atoms with Gasteiger partial charge in [0, 0.05) is 6.04 Å². The molecule has 1 heterocycles. The van der Waals surface area contributed by atoms with Gasteiger partial charge in [-0.15, -0.1) is 0 Å². The van der Waals surface area contributed by atoms with Crippen molar-refractivity contribution in [2.45, 2.75) is 44.0 Å². The topological polar surface area (TPSA) is 112 Å². The SMILES string of the molecule is Cc1n[nH]c(C)c1S(=O)(=O)NC1CCCC1C(=O)O. The minimum atomic E-state index is -3.74. The summed E-state index contributed by atoms with van der Waals surface area (Å²) < 4.78 is 27.1. The van der Waals surface area contributed by atoms with Crippen LogP contribution in [-0.2, 0) is 14.8 Å². The monoisotopic (exact) mass is 287 g/mol. The van der Waals surface area contributed by atoms with Crippen LogP contribution in [0.4, 0.5) is 0 Å². The van der Waals surface area contributed by atoms with Gasteiger partial charge in [-0.2, -0.15) is 5.10 Å². The fourth-order valence-electron chi connectivity index (χ4n) is 2.59. The number of H-pyrrole nitrogens is 1. The molecule has 1 aliphatic carbocycles. The molecule has 1 fully saturated rings. The van der Waals surface area contributed by atoms with Gasteiger partial charge in [-0.1, -0.05) is 6.42 Å². The standard InChI is InChI=1S/C11H17N3O4S/c1-6-10(7(2)13-12-6)19(17,18)14-9-5-3-4-8(9)11(15)16/h8-9,14H,3-5H2,1-2H3,(H,12,13)(H,15,16). The minimum absolute atomic E-state index is 0.114. The molecule has 0 bridgehead atoms. The van der Waals surface area contributed by atoms with Crippen molar-refractivity contribution in [2.75, 3.05) is 0 Å². The van der Waals surface area contributed by atoms with Crippen LogP contribution in [0.1, 0.15) is 30.7 Å². The van der Waals surface area contributed by atoms with Crippen LogP contribution in [0.5, 0.6) is 0 Å². The lowest BCUT2D eigenvalue weighted by Crippen LogP contribution is -2.40. The highest BCUT2D eigenvalue weighted by atomic mass is 32.2. The average Bonchev–Trinajstić information content (AvgIpc) is 2.85. The van der Waals surface area contributed by atoms with Gasteiger partial charge < -0.3 is 5.11 Å². The van der Waals surface area contributed by atoms with Crippen LogP contribution in [-0.4, -0.2) is 35.7 Å². The van der Waals surface area contributed by atoms with Gasteiger partial charge >= 0.3 is 5.97 Å². The fraction of sp³-hybridized carbons (Fsp3) is 0.636. The van der Waals surface area contributed by atoms with Crippen LogP contribution in [0.25, 0.3) is 0 Å². The number of carboxylic acid groups (broad SMARTS) is 1. The summed E-state index contributed by atoms with van der Waals surface area (Å²) in [7, 11) is -3.74. The molecule has 0 radical (unpaired) electrons. The summed E-state index contributed by atoms with van der Waals surface area (Å²) >= 11 is 0. The minimum Gasteiger partial charge on any atom is -0.481 e. The van der Waals surface area contributed by atoms with E-state index in [1.807, 2.05) is 0 Å². The molecule has 1 aromatic heterocycles. The van der Waals surface area contributed by atoms with E-state index in [1.54, 1.807) is 13.8 Å². The summed E-state index contributed by atoms with van der Waals surface area (Å²) in [6, 6.07) is -0.545. The molecule has 2 rings (SSSR count). The zero-order valence-electron chi connectivity index (χ0n) is 10.8. The second-order valence-corrected chi connectivity index (χ2v) is 6.52. The molecule has 19 heavy (non-hydrogen) atoms. The summed E-state index contributed by atoms with van der Waals surface area (Å²) in [5, 5.41) is 15.5. The number of sulfonamides is 1. The van der Waals surface area contributed by atoms with Crippen molar-refractivity contribution in [3.05, 3.63) is 11.4 Å². The maximum Gasteiger partial charge on any atom is 0.308 e. The Hall–Kier alpha value is -1.41. The molecule has 0 aromatic carbocycles. The Morgan fingerprint density at radius 1 is 1.42 bits per heavy atom. The van der Waals surface area contributed by atoms with E-state index in [9.17, 15) is 13.2 Å². The second kappa shape index (κ2) is 4.93. The third kappa shape index (κ3) is 2.64. The van der Waals surface area contributed by atoms with E-state index in [4.69, 9.17) is 5.11 Å². The molecular weight excluding hydrogens is 270 g/mol. The first-order chi connectivity index (χ1) is 8.83. The number of nitrogens with one attached hydrogen (secondary N) is 2. The van der Waals surface area contributed by atoms with Crippen molar-refractivity contribution in [1.82, 2.24) is 14.9 Å². The Morgan fingerprint density at radius 3 is 2.63 bits per heavy atom. The first kappa shape index (κ1) is 14.0. The van der Waals surface area contributed by atoms with E-state index < -0.39 is 28.0 Å². The van der Waals surface area contributed by atoms with E-state index in [0.717, 1.165) is 0 Å². The Labute approximate surface area is 111 Å². The van der Waals surface area contributed by atoms with Gasteiger partial charge in [-0.25, -0.2) is 13.1 Å². The number of nitrogens with zero attached hydrogens (tertiary/aromatic N) is 1. The molecule has 0 spiro atoms. The third-order valence-electron chi connectivity index (χ3n) is 3.47. The Balaban J connectivity index is 2.25. The first-order valence-corrected chi connectivity index (χ1v) is 7.58. The Morgan fingerprint density at radius 2 is 2.11 bits per heavy atom. The normalized spacial score (nSPS) is 23.7. The van der Waals surface area contributed by atoms with Crippen LogP contribution in [0, 0.1) is 19.8 Å². The van der Waals surface area contributed by atoms with Gasteiger partial charge in [-0.05, 0) is 26.7 Å². The van der Waals surface area contributed by atoms with Crippen molar-refractivity contribution in [3.8, 4) is 0 Å². The molecule has 0 saturated heterocycles. The van der Waals surface area contributed by atoms with Gasteiger partial charge in [0.25, 0.3) is 0 Å². The molecule has 2 atom stereocenters. The summed E-state index contributed by atoms with van der Waals surface area (Å²) in [6.45, 7) is 3.22. The predicted molar refractivity (Wildman–Crippen MR) is 67.1 cm³/mol. The second-order valence-electron chi connectivity index (χ2n) is 4.87. The summed E-state index contributed by atoms with van der Waals surface area (Å²) in [5.41, 5.74) is 0.838. The largest absolute Gasteiger partial charge is 0.481 e. The van der Waals surface area contributed by atoms with E-state index in [0.29, 0.717) is 30.7 Å². The number of hydrogen-bond donors (Lipinski definition) is 3. The highest BCUT2D eigenvalue weighted by molar-refractivity contribution is 7.89. The molecule has 1 aromatic rings. The van der Waals surface area contributed by atoms with Gasteiger partial charge in [0.1, 0.15) is 4.90 Å². The molecule has 1 aliphatic rings. The molecule has 8 heteroatoms. The number of rotatable bonds is 4. The van der Waals surface area contributed by atoms with Crippen LogP contribution in [0.15, 0.2) is 4.90 Å². The van der Waals surface area contributed by atoms with E-state index in [-0.39, 0.29) is 4.90 Å². The molecule has 106 valence electrons. The van der Waals surface area contributed by atoms with Gasteiger partial charge in [-0.3, -0.25) is 9.89 Å². The molecule has 1 saturated carbocycles. The maximum absolute atomic E-state index is 12.3. The molecule has 0 amide bonds. The van der Waals surface area contributed by atoms with Crippen molar-refractivity contribution < 1.29 is 18.3 Å². The first-order valence-electron chi connectivity index (χ1n) is 6.09. The smallest absolute Gasteiger partial charge is 0.308 e. The lowest BCUT2D eigenvalue weighted by atomic mass is 10.1. The van der Waals surface area contributed by atoms with Gasteiger partial charge in [0.05, 0.1) is 17.3 Å². The Kier molecular flexibility index (Phi) is 3.64. The summed E-state index contributed by atoms with van der Waals surface area (Å²) in [4.78, 5) is 11.2. The average molecular weight is 287 g/mol. The van der Waals surface area contributed by atoms with Crippen molar-refractivity contribution in [2.24, 2.45) is 5.92 Å². The molecule has 3 N–H and O–H groups in total. The van der Waals surface area contributed by atoms with E-state index >= 15 is 0 Å². The quantitative estimate of drug-likeness (QED) is 0.749. The lowest BCUT2D eigenvalue weighted by Gasteiger charge is -2.17. The summed E-state index contributed by atoms with van der Waals surface area (Å²) in [6.07, 6.45) is 1.77. The zero-order valence-corrected chi connectivity index (χ0v) is 11.6.